The second-order valence-electron chi connectivity index (χ2n) is 6.87. The van der Waals surface area contributed by atoms with Crippen molar-refractivity contribution in [1.29, 1.82) is 0 Å². The van der Waals surface area contributed by atoms with E-state index in [9.17, 15) is 4.79 Å². The van der Waals surface area contributed by atoms with E-state index in [-0.39, 0.29) is 11.9 Å². The van der Waals surface area contributed by atoms with Gasteiger partial charge in [-0.1, -0.05) is 11.8 Å². The summed E-state index contributed by atoms with van der Waals surface area (Å²) in [5.41, 5.74) is 0. The number of piperidine rings is 3. The molecule has 2 aromatic heterocycles. The van der Waals surface area contributed by atoms with Crippen molar-refractivity contribution in [3.8, 4) is 5.75 Å². The molecule has 3 aliphatic heterocycles. The van der Waals surface area contributed by atoms with Crippen molar-refractivity contribution >= 4 is 29.0 Å². The fourth-order valence-electron chi connectivity index (χ4n) is 3.92. The van der Waals surface area contributed by atoms with E-state index < -0.39 is 0 Å². The molecule has 0 aliphatic carbocycles. The predicted octanol–water partition coefficient (Wildman–Crippen LogP) is 3.52. The van der Waals surface area contributed by atoms with Crippen LogP contribution < -0.4 is 10.1 Å². The van der Waals surface area contributed by atoms with Gasteiger partial charge < -0.3 is 10.1 Å². The smallest absolute Gasteiger partial charge is 0.261 e. The molecular weight excluding hydrogens is 366 g/mol. The number of hydrogen-bond donors (Lipinski definition) is 1. The minimum Gasteiger partial charge on any atom is -0.495 e. The molecular formula is C19H23N3O2S2. The van der Waals surface area contributed by atoms with Gasteiger partial charge in [-0.2, -0.15) is 0 Å². The summed E-state index contributed by atoms with van der Waals surface area (Å²) in [6.45, 7) is 4.58. The minimum atomic E-state index is 0.0511. The quantitative estimate of drug-likeness (QED) is 0.848. The first kappa shape index (κ1) is 17.8. The molecule has 2 atom stereocenters. The van der Waals surface area contributed by atoms with Crippen molar-refractivity contribution in [2.45, 2.75) is 41.1 Å². The Labute approximate surface area is 162 Å². The fourth-order valence-corrected chi connectivity index (χ4v) is 5.83. The molecule has 0 saturated carbocycles. The van der Waals surface area contributed by atoms with Crippen LogP contribution in [0.15, 0.2) is 39.7 Å². The van der Waals surface area contributed by atoms with Gasteiger partial charge in [-0.05, 0) is 63.0 Å². The number of aromatic nitrogens is 1. The molecule has 138 valence electrons. The Morgan fingerprint density at radius 2 is 2.12 bits per heavy atom. The van der Waals surface area contributed by atoms with Gasteiger partial charge in [0, 0.05) is 12.1 Å². The largest absolute Gasteiger partial charge is 0.495 e. The Morgan fingerprint density at radius 1 is 1.31 bits per heavy atom. The van der Waals surface area contributed by atoms with Crippen molar-refractivity contribution in [1.82, 2.24) is 15.2 Å². The Morgan fingerprint density at radius 3 is 2.77 bits per heavy atom. The first-order valence-electron chi connectivity index (χ1n) is 8.96. The second-order valence-corrected chi connectivity index (χ2v) is 9.27. The van der Waals surface area contributed by atoms with Gasteiger partial charge in [0.05, 0.1) is 22.4 Å². The predicted molar refractivity (Wildman–Crippen MR) is 104 cm³/mol. The topological polar surface area (TPSA) is 54.5 Å². The molecule has 5 heterocycles. The molecule has 3 fully saturated rings. The van der Waals surface area contributed by atoms with Crippen molar-refractivity contribution < 1.29 is 9.53 Å². The lowest BCUT2D eigenvalue weighted by molar-refractivity contribution is 0.0218. The molecule has 5 nitrogen and oxygen atoms in total. The lowest BCUT2D eigenvalue weighted by atomic mass is 9.79. The summed E-state index contributed by atoms with van der Waals surface area (Å²) in [5.74, 6) is 1.42. The summed E-state index contributed by atoms with van der Waals surface area (Å²) in [5, 5.41) is 4.19. The van der Waals surface area contributed by atoms with Crippen LogP contribution in [0.5, 0.6) is 5.75 Å². The highest BCUT2D eigenvalue weighted by Crippen LogP contribution is 2.34. The maximum atomic E-state index is 12.7. The Bertz CT molecular complexity index is 767. The highest BCUT2D eigenvalue weighted by Gasteiger charge is 2.40. The molecule has 0 aromatic carbocycles. The van der Waals surface area contributed by atoms with E-state index >= 15 is 0 Å². The number of thiophene rings is 1. The van der Waals surface area contributed by atoms with Crippen molar-refractivity contribution in [2.75, 3.05) is 20.2 Å². The summed E-state index contributed by atoms with van der Waals surface area (Å²) in [6.07, 6.45) is 4.10. The van der Waals surface area contributed by atoms with Crippen molar-refractivity contribution in [2.24, 2.45) is 5.92 Å². The number of methoxy groups -OCH3 is 1. The van der Waals surface area contributed by atoms with Crippen LogP contribution in [0.1, 0.15) is 29.4 Å². The molecule has 0 spiro atoms. The third-order valence-electron chi connectivity index (χ3n) is 5.43. The number of nitrogens with zero attached hydrogens (tertiary/aromatic N) is 2. The van der Waals surface area contributed by atoms with Crippen LogP contribution in [0, 0.1) is 5.92 Å². The van der Waals surface area contributed by atoms with Crippen LogP contribution in [0.2, 0.25) is 0 Å². The summed E-state index contributed by atoms with van der Waals surface area (Å²) < 4.78 is 6.20. The van der Waals surface area contributed by atoms with E-state index in [0.717, 1.165) is 19.9 Å². The van der Waals surface area contributed by atoms with E-state index in [1.165, 1.54) is 37.3 Å². The number of fused-ring (bicyclic) bond motifs is 3. The number of pyridine rings is 1. The zero-order valence-electron chi connectivity index (χ0n) is 15.0. The summed E-state index contributed by atoms with van der Waals surface area (Å²) in [7, 11) is 1.63. The lowest BCUT2D eigenvalue weighted by Crippen LogP contribution is -2.62. The minimum absolute atomic E-state index is 0.0511. The van der Waals surface area contributed by atoms with E-state index in [2.05, 4.69) is 22.1 Å². The average Bonchev–Trinajstić information content (AvgIpc) is 3.14. The van der Waals surface area contributed by atoms with Gasteiger partial charge >= 0.3 is 0 Å². The number of nitrogens with one attached hydrogen (secondary N) is 1. The Hall–Kier alpha value is -1.57. The highest BCUT2D eigenvalue weighted by atomic mass is 32.2. The van der Waals surface area contributed by atoms with Gasteiger partial charge in [0.1, 0.15) is 10.8 Å². The third kappa shape index (κ3) is 3.61. The Kier molecular flexibility index (Phi) is 5.20. The van der Waals surface area contributed by atoms with Gasteiger partial charge in [0.25, 0.3) is 5.91 Å². The molecule has 5 rings (SSSR count). The van der Waals surface area contributed by atoms with Crippen LogP contribution >= 0.6 is 23.1 Å². The Balaban J connectivity index is 1.40. The summed E-state index contributed by atoms with van der Waals surface area (Å²) in [4.78, 5) is 20.4. The maximum absolute atomic E-state index is 12.7. The van der Waals surface area contributed by atoms with Crippen molar-refractivity contribution in [3.05, 3.63) is 35.3 Å². The molecule has 3 saturated heterocycles. The van der Waals surface area contributed by atoms with E-state index in [1.807, 2.05) is 24.3 Å². The normalized spacial score (nSPS) is 27.3. The van der Waals surface area contributed by atoms with Gasteiger partial charge in [-0.25, -0.2) is 4.98 Å². The molecule has 3 aliphatic rings. The second kappa shape index (κ2) is 7.58. The van der Waals surface area contributed by atoms with Crippen LogP contribution in [0.3, 0.4) is 0 Å². The van der Waals surface area contributed by atoms with Crippen LogP contribution in [-0.4, -0.2) is 48.1 Å². The fraction of sp³-hybridized carbons (Fsp3) is 0.474. The van der Waals surface area contributed by atoms with Gasteiger partial charge in [-0.3, -0.25) is 9.69 Å². The number of carbonyl (C=O) groups excluding carboxylic acids is 1. The molecule has 7 heteroatoms. The molecule has 1 N–H and O–H groups in total. The van der Waals surface area contributed by atoms with Crippen LogP contribution in [0.25, 0.3) is 0 Å². The van der Waals surface area contributed by atoms with Crippen molar-refractivity contribution in [3.63, 3.8) is 0 Å². The number of hydrogen-bond acceptors (Lipinski definition) is 6. The molecule has 0 unspecified atom stereocenters. The summed E-state index contributed by atoms with van der Waals surface area (Å²) in [6, 6.07) is 8.44. The molecule has 0 radical (unpaired) electrons. The maximum Gasteiger partial charge on any atom is 0.261 e. The molecule has 1 amide bonds. The van der Waals surface area contributed by atoms with E-state index in [0.29, 0.717) is 12.0 Å². The zero-order valence-corrected chi connectivity index (χ0v) is 16.6. The first-order valence-corrected chi connectivity index (χ1v) is 10.6. The third-order valence-corrected chi connectivity index (χ3v) is 7.60. The first-order chi connectivity index (χ1) is 12.6. The lowest BCUT2D eigenvalue weighted by Gasteiger charge is -2.49. The average molecular weight is 390 g/mol. The molecule has 26 heavy (non-hydrogen) atoms. The van der Waals surface area contributed by atoms with Crippen LogP contribution in [-0.2, 0) is 0 Å². The number of carbonyl (C=O) groups is 1. The van der Waals surface area contributed by atoms with Crippen LogP contribution in [0.4, 0.5) is 0 Å². The van der Waals surface area contributed by atoms with Gasteiger partial charge in [-0.15, -0.1) is 11.3 Å². The number of rotatable bonds is 5. The molecule has 2 aromatic rings. The number of amides is 1. The monoisotopic (exact) mass is 389 g/mol. The number of ether oxygens (including phenoxy) is 1. The van der Waals surface area contributed by atoms with Gasteiger partial charge in [0.15, 0.2) is 0 Å². The molecule has 2 bridgehead atoms. The standard InChI is InChI=1S/C19H23N3O2S2/c1-12-18(13-7-9-22(12)10-8-13)21-19(23)15-4-6-17(25-15)26-16-5-3-14(24-2)11-20-16/h3-6,11-13,18H,7-10H2,1-2H3,(H,21,23)/t12-,18-/m0/s1. The SMILES string of the molecule is COc1ccc(Sc2ccc(C(=O)N[C@@H]3C4CCN(CC4)[C@H]3C)s2)nc1. The van der Waals surface area contributed by atoms with E-state index in [1.54, 1.807) is 25.1 Å². The summed E-state index contributed by atoms with van der Waals surface area (Å²) >= 11 is 3.09. The van der Waals surface area contributed by atoms with Gasteiger partial charge in [0.2, 0.25) is 0 Å². The zero-order chi connectivity index (χ0) is 18.1. The highest BCUT2D eigenvalue weighted by molar-refractivity contribution is 8.01. The van der Waals surface area contributed by atoms with E-state index in [4.69, 9.17) is 4.74 Å².